The summed E-state index contributed by atoms with van der Waals surface area (Å²) in [6, 6.07) is 0.560. The van der Waals surface area contributed by atoms with Gasteiger partial charge in [-0.3, -0.25) is 4.79 Å². The van der Waals surface area contributed by atoms with Gasteiger partial charge in [0.1, 0.15) is 12.1 Å². The van der Waals surface area contributed by atoms with Crippen molar-refractivity contribution in [3.05, 3.63) is 41.8 Å². The molecule has 2 N–H and O–H groups in total. The Morgan fingerprint density at radius 1 is 1.28 bits per heavy atom. The number of methoxy groups -OCH3 is 1. The highest BCUT2D eigenvalue weighted by Gasteiger charge is 2.40. The van der Waals surface area contributed by atoms with E-state index in [1.54, 1.807) is 6.92 Å². The molecule has 3 rings (SSSR count). The minimum Gasteiger partial charge on any atom is -0.503 e. The Hall–Kier alpha value is -2.83. The van der Waals surface area contributed by atoms with Crippen molar-refractivity contribution in [1.82, 2.24) is 10.3 Å². The van der Waals surface area contributed by atoms with Crippen LogP contribution in [-0.4, -0.2) is 41.2 Å². The normalized spacial score (nSPS) is 23.3. The fourth-order valence-corrected chi connectivity index (χ4v) is 4.79. The smallest absolute Gasteiger partial charge is 0.328 e. The average Bonchev–Trinajstić information content (AvgIpc) is 2.71. The van der Waals surface area contributed by atoms with Crippen LogP contribution in [0.3, 0.4) is 0 Å². The third-order valence-electron chi connectivity index (χ3n) is 6.72. The molecule has 1 amide bonds. The fourth-order valence-electron chi connectivity index (χ4n) is 4.79. The fraction of sp³-hybridized carbons (Fsp3) is 0.560. The number of carbonyl (C=O) groups is 2. The highest BCUT2D eigenvalue weighted by atomic mass is 16.5. The lowest BCUT2D eigenvalue weighted by atomic mass is 9.64. The van der Waals surface area contributed by atoms with Crippen LogP contribution in [0.25, 0.3) is 0 Å². The molecular weight excluding hydrogens is 408 g/mol. The SMILES string of the molecule is COc1ccnc(C(=O)N[C@@H](C)C(=O)O[C@@H](C)[C@H](C2CCC2)C2C=CC(C)=CC2C)c1O. The molecule has 2 unspecified atom stereocenters. The van der Waals surface area contributed by atoms with Crippen molar-refractivity contribution in [3.8, 4) is 11.5 Å². The number of allylic oxidation sites excluding steroid dienone is 4. The number of hydrogen-bond donors (Lipinski definition) is 2. The predicted molar refractivity (Wildman–Crippen MR) is 121 cm³/mol. The Labute approximate surface area is 189 Å². The van der Waals surface area contributed by atoms with Crippen LogP contribution in [0, 0.1) is 23.7 Å². The van der Waals surface area contributed by atoms with Gasteiger partial charge < -0.3 is 19.9 Å². The van der Waals surface area contributed by atoms with Crippen molar-refractivity contribution < 1.29 is 24.2 Å². The molecule has 7 nitrogen and oxygen atoms in total. The summed E-state index contributed by atoms with van der Waals surface area (Å²) in [6.45, 7) is 7.84. The van der Waals surface area contributed by atoms with Gasteiger partial charge in [-0.15, -0.1) is 0 Å². The molecule has 5 atom stereocenters. The first-order valence-electron chi connectivity index (χ1n) is 11.3. The van der Waals surface area contributed by atoms with E-state index >= 15 is 0 Å². The van der Waals surface area contributed by atoms with E-state index in [9.17, 15) is 14.7 Å². The number of rotatable bonds is 8. The van der Waals surface area contributed by atoms with Gasteiger partial charge in [-0.05, 0) is 38.5 Å². The van der Waals surface area contributed by atoms with Crippen molar-refractivity contribution in [3.63, 3.8) is 0 Å². The Morgan fingerprint density at radius 3 is 2.59 bits per heavy atom. The molecule has 0 radical (unpaired) electrons. The molecule has 32 heavy (non-hydrogen) atoms. The maximum Gasteiger partial charge on any atom is 0.328 e. The van der Waals surface area contributed by atoms with Gasteiger partial charge in [0.05, 0.1) is 7.11 Å². The first-order valence-corrected chi connectivity index (χ1v) is 11.3. The van der Waals surface area contributed by atoms with Crippen molar-refractivity contribution in [2.24, 2.45) is 23.7 Å². The molecule has 7 heteroatoms. The summed E-state index contributed by atoms with van der Waals surface area (Å²) < 4.78 is 10.9. The number of ether oxygens (including phenoxy) is 2. The maximum absolute atomic E-state index is 12.8. The molecule has 0 spiro atoms. The van der Waals surface area contributed by atoms with Crippen molar-refractivity contribution in [2.75, 3.05) is 7.11 Å². The molecule has 0 saturated heterocycles. The van der Waals surface area contributed by atoms with E-state index in [0.29, 0.717) is 17.8 Å². The summed E-state index contributed by atoms with van der Waals surface area (Å²) in [5, 5.41) is 12.7. The second-order valence-corrected chi connectivity index (χ2v) is 9.02. The van der Waals surface area contributed by atoms with Crippen molar-refractivity contribution in [1.29, 1.82) is 0 Å². The highest BCUT2D eigenvalue weighted by molar-refractivity contribution is 5.97. The zero-order valence-corrected chi connectivity index (χ0v) is 19.5. The van der Waals surface area contributed by atoms with Gasteiger partial charge in [0.2, 0.25) is 0 Å². The number of pyridine rings is 1. The van der Waals surface area contributed by atoms with E-state index in [4.69, 9.17) is 9.47 Å². The van der Waals surface area contributed by atoms with E-state index < -0.39 is 17.9 Å². The largest absolute Gasteiger partial charge is 0.503 e. The number of aromatic nitrogens is 1. The molecule has 0 aromatic carbocycles. The minimum atomic E-state index is -0.888. The molecule has 1 aromatic heterocycles. The number of nitrogens with zero attached hydrogens (tertiary/aromatic N) is 1. The molecular formula is C25H34N2O5. The minimum absolute atomic E-state index is 0.135. The van der Waals surface area contributed by atoms with Gasteiger partial charge >= 0.3 is 5.97 Å². The zero-order valence-electron chi connectivity index (χ0n) is 19.5. The molecule has 1 fully saturated rings. The number of nitrogens with one attached hydrogen (secondary N) is 1. The van der Waals surface area contributed by atoms with Crippen LogP contribution < -0.4 is 10.1 Å². The van der Waals surface area contributed by atoms with E-state index in [1.165, 1.54) is 31.4 Å². The molecule has 2 aliphatic rings. The van der Waals surface area contributed by atoms with Crippen LogP contribution >= 0.6 is 0 Å². The second kappa shape index (κ2) is 10.2. The summed E-state index contributed by atoms with van der Waals surface area (Å²) in [4.78, 5) is 29.2. The molecule has 0 aliphatic heterocycles. The standard InChI is InChI=1S/C25H34N2O5/c1-14-9-10-19(15(2)13-14)21(18-7-6-8-18)17(4)32-25(30)16(3)27-24(29)22-23(28)20(31-5)11-12-26-22/h9-13,15-19,21,28H,6-8H2,1-5H3,(H,27,29)/t15?,16-,17-,19?,21+/m0/s1. The topological polar surface area (TPSA) is 97.8 Å². The monoisotopic (exact) mass is 442 g/mol. The molecule has 1 saturated carbocycles. The molecule has 174 valence electrons. The van der Waals surface area contributed by atoms with Gasteiger partial charge in [-0.2, -0.15) is 0 Å². The third-order valence-corrected chi connectivity index (χ3v) is 6.72. The van der Waals surface area contributed by atoms with Gasteiger partial charge in [-0.25, -0.2) is 9.78 Å². The van der Waals surface area contributed by atoms with Crippen molar-refractivity contribution in [2.45, 2.75) is 59.1 Å². The Bertz CT molecular complexity index is 906. The molecule has 1 aromatic rings. The van der Waals surface area contributed by atoms with Crippen LogP contribution in [0.4, 0.5) is 0 Å². The number of esters is 1. The van der Waals surface area contributed by atoms with Crippen LogP contribution in [0.15, 0.2) is 36.1 Å². The Kier molecular flexibility index (Phi) is 7.59. The molecule has 0 bridgehead atoms. The summed E-state index contributed by atoms with van der Waals surface area (Å²) in [5.41, 5.74) is 1.06. The summed E-state index contributed by atoms with van der Waals surface area (Å²) in [5.74, 6) is 0.0554. The average molecular weight is 443 g/mol. The Morgan fingerprint density at radius 2 is 2.00 bits per heavy atom. The number of hydrogen-bond acceptors (Lipinski definition) is 6. The van der Waals surface area contributed by atoms with Gasteiger partial charge in [-0.1, -0.05) is 50.0 Å². The van der Waals surface area contributed by atoms with Crippen LogP contribution in [0.2, 0.25) is 0 Å². The first-order chi connectivity index (χ1) is 15.2. The lowest BCUT2D eigenvalue weighted by Gasteiger charge is -2.43. The quantitative estimate of drug-likeness (QED) is 0.590. The van der Waals surface area contributed by atoms with Gasteiger partial charge in [0.25, 0.3) is 5.91 Å². The highest BCUT2D eigenvalue weighted by Crippen LogP contribution is 2.44. The number of amides is 1. The lowest BCUT2D eigenvalue weighted by molar-refractivity contribution is -0.156. The third kappa shape index (κ3) is 5.14. The summed E-state index contributed by atoms with van der Waals surface area (Å²) in [7, 11) is 1.39. The van der Waals surface area contributed by atoms with E-state index in [1.807, 2.05) is 6.92 Å². The second-order valence-electron chi connectivity index (χ2n) is 9.02. The van der Waals surface area contributed by atoms with E-state index in [2.05, 4.69) is 42.4 Å². The maximum atomic E-state index is 12.8. The van der Waals surface area contributed by atoms with Crippen LogP contribution in [0.1, 0.15) is 57.4 Å². The number of carbonyl (C=O) groups excluding carboxylic acids is 2. The van der Waals surface area contributed by atoms with E-state index in [0.717, 1.165) is 12.8 Å². The molecule has 2 aliphatic carbocycles. The number of aromatic hydroxyl groups is 1. The van der Waals surface area contributed by atoms with Gasteiger partial charge in [0, 0.05) is 18.2 Å². The molecule has 1 heterocycles. The summed E-state index contributed by atoms with van der Waals surface area (Å²) >= 11 is 0. The predicted octanol–water partition coefficient (Wildman–Crippen LogP) is 4.03. The zero-order chi connectivity index (χ0) is 23.4. The van der Waals surface area contributed by atoms with Gasteiger partial charge in [0.15, 0.2) is 17.2 Å². The Balaban J connectivity index is 1.65. The lowest BCUT2D eigenvalue weighted by Crippen LogP contribution is -2.45. The van der Waals surface area contributed by atoms with Crippen molar-refractivity contribution >= 4 is 11.9 Å². The summed E-state index contributed by atoms with van der Waals surface area (Å²) in [6.07, 6.45) is 11.3. The van der Waals surface area contributed by atoms with Crippen LogP contribution in [0.5, 0.6) is 11.5 Å². The van der Waals surface area contributed by atoms with Crippen LogP contribution in [-0.2, 0) is 9.53 Å². The van der Waals surface area contributed by atoms with E-state index in [-0.39, 0.29) is 29.2 Å². The first kappa shape index (κ1) is 23.8.